The number of hydrogen-bond acceptors (Lipinski definition) is 1. The molecule has 0 aliphatic carbocycles. The van der Waals surface area contributed by atoms with E-state index in [9.17, 15) is 22.0 Å². The average Bonchev–Trinajstić information content (AvgIpc) is 2.09. The average molecular weight is 246 g/mol. The molecule has 1 aromatic carbocycles. The van der Waals surface area contributed by atoms with Crippen LogP contribution in [0.15, 0.2) is 0 Å². The highest BCUT2D eigenvalue weighted by Gasteiger charge is 2.40. The Labute approximate surface area is 86.6 Å². The van der Waals surface area contributed by atoms with Crippen LogP contribution in [0.3, 0.4) is 0 Å². The summed E-state index contributed by atoms with van der Waals surface area (Å²) in [5, 5.41) is -0.916. The molecular weight excluding hydrogens is 241 g/mol. The minimum Gasteiger partial charge on any atom is -0.397 e. The maximum atomic E-state index is 13.1. The molecule has 0 aromatic heterocycles. The molecule has 15 heavy (non-hydrogen) atoms. The number of halogens is 6. The fraction of sp³-hybridized carbons (Fsp3) is 0.250. The minimum atomic E-state index is -5.14. The first kappa shape index (κ1) is 12.0. The van der Waals surface area contributed by atoms with Crippen molar-refractivity contribution in [2.45, 2.75) is 13.1 Å². The summed E-state index contributed by atoms with van der Waals surface area (Å²) in [6.45, 7) is 0.991. The van der Waals surface area contributed by atoms with Gasteiger partial charge in [0.2, 0.25) is 0 Å². The monoisotopic (exact) mass is 245 g/mol. The van der Waals surface area contributed by atoms with Crippen molar-refractivity contribution in [2.24, 2.45) is 0 Å². The zero-order chi connectivity index (χ0) is 12.0. The summed E-state index contributed by atoms with van der Waals surface area (Å²) in [7, 11) is 0. The molecule has 1 aromatic rings. The molecule has 0 aliphatic heterocycles. The Kier molecular flexibility index (Phi) is 2.82. The number of nitrogen functional groups attached to an aromatic ring is 1. The Morgan fingerprint density at radius 2 is 1.60 bits per heavy atom. The molecule has 0 amide bonds. The predicted octanol–water partition coefficient (Wildman–Crippen LogP) is 3.53. The molecule has 0 atom stereocenters. The summed E-state index contributed by atoms with van der Waals surface area (Å²) in [6.07, 6.45) is -5.14. The predicted molar refractivity (Wildman–Crippen MR) is 45.5 cm³/mol. The summed E-state index contributed by atoms with van der Waals surface area (Å²) in [5.74, 6) is -3.62. The summed E-state index contributed by atoms with van der Waals surface area (Å²) < 4.78 is 62.8. The van der Waals surface area contributed by atoms with E-state index in [1.807, 2.05) is 0 Å². The molecule has 0 saturated carbocycles. The van der Waals surface area contributed by atoms with Crippen molar-refractivity contribution in [1.82, 2.24) is 0 Å². The van der Waals surface area contributed by atoms with Crippen molar-refractivity contribution in [1.29, 1.82) is 0 Å². The number of benzene rings is 1. The van der Waals surface area contributed by atoms with Gasteiger partial charge >= 0.3 is 6.18 Å². The lowest BCUT2D eigenvalue weighted by atomic mass is 10.1. The van der Waals surface area contributed by atoms with Crippen molar-refractivity contribution in [2.75, 3.05) is 5.73 Å². The Balaban J connectivity index is 3.68. The summed E-state index contributed by atoms with van der Waals surface area (Å²) >= 11 is 5.20. The Bertz CT molecular complexity index is 383. The highest BCUT2D eigenvalue weighted by molar-refractivity contribution is 6.33. The van der Waals surface area contributed by atoms with Gasteiger partial charge in [0.1, 0.15) is 16.4 Å². The van der Waals surface area contributed by atoms with Gasteiger partial charge in [-0.15, -0.1) is 0 Å². The van der Waals surface area contributed by atoms with E-state index in [2.05, 4.69) is 0 Å². The molecule has 0 saturated heterocycles. The first-order valence-electron chi connectivity index (χ1n) is 3.67. The molecular formula is C8H5ClF5N. The number of hydrogen-bond donors (Lipinski definition) is 1. The normalized spacial score (nSPS) is 11.9. The van der Waals surface area contributed by atoms with Crippen LogP contribution >= 0.6 is 11.6 Å². The first-order chi connectivity index (χ1) is 6.68. The molecule has 0 spiro atoms. The molecule has 84 valence electrons. The van der Waals surface area contributed by atoms with Crippen molar-refractivity contribution in [3.63, 3.8) is 0 Å². The summed E-state index contributed by atoms with van der Waals surface area (Å²) in [4.78, 5) is 0. The molecule has 2 N–H and O–H groups in total. The Hall–Kier alpha value is -1.04. The quantitative estimate of drug-likeness (QED) is 0.422. The van der Waals surface area contributed by atoms with Crippen LogP contribution in [0.5, 0.6) is 0 Å². The van der Waals surface area contributed by atoms with E-state index in [0.717, 1.165) is 6.92 Å². The van der Waals surface area contributed by atoms with Crippen LogP contribution in [0.4, 0.5) is 27.6 Å². The molecule has 0 radical (unpaired) electrons. The Morgan fingerprint density at radius 1 is 1.13 bits per heavy atom. The minimum absolute atomic E-state index is 0.520. The van der Waals surface area contributed by atoms with Crippen molar-refractivity contribution in [3.05, 3.63) is 27.8 Å². The molecule has 7 heteroatoms. The van der Waals surface area contributed by atoms with Gasteiger partial charge in [0.25, 0.3) is 0 Å². The van der Waals surface area contributed by atoms with E-state index in [1.54, 1.807) is 0 Å². The highest BCUT2D eigenvalue weighted by Crippen LogP contribution is 2.40. The second kappa shape index (κ2) is 3.52. The van der Waals surface area contributed by atoms with Gasteiger partial charge in [-0.2, -0.15) is 13.2 Å². The van der Waals surface area contributed by atoms with E-state index < -0.39 is 39.6 Å². The van der Waals surface area contributed by atoms with E-state index in [-0.39, 0.29) is 0 Å². The number of alkyl halides is 3. The van der Waals surface area contributed by atoms with Crippen LogP contribution in [0, 0.1) is 18.6 Å². The third-order valence-electron chi connectivity index (χ3n) is 1.88. The van der Waals surface area contributed by atoms with Crippen LogP contribution in [0.25, 0.3) is 0 Å². The van der Waals surface area contributed by atoms with Crippen LogP contribution in [-0.4, -0.2) is 0 Å². The zero-order valence-electron chi connectivity index (χ0n) is 7.35. The maximum Gasteiger partial charge on any atom is 0.422 e. The van der Waals surface area contributed by atoms with Gasteiger partial charge in [0, 0.05) is 5.56 Å². The topological polar surface area (TPSA) is 26.0 Å². The lowest BCUT2D eigenvalue weighted by Gasteiger charge is -2.14. The van der Waals surface area contributed by atoms with Gasteiger partial charge in [-0.1, -0.05) is 11.6 Å². The van der Waals surface area contributed by atoms with Crippen LogP contribution in [0.2, 0.25) is 5.02 Å². The maximum absolute atomic E-state index is 13.1. The van der Waals surface area contributed by atoms with Crippen molar-refractivity contribution in [3.8, 4) is 0 Å². The largest absolute Gasteiger partial charge is 0.422 e. The van der Waals surface area contributed by atoms with Gasteiger partial charge in [-0.05, 0) is 6.92 Å². The van der Waals surface area contributed by atoms with Gasteiger partial charge in [0.15, 0.2) is 5.82 Å². The molecule has 0 fully saturated rings. The third-order valence-corrected chi connectivity index (χ3v) is 2.25. The first-order valence-corrected chi connectivity index (χ1v) is 4.05. The fourth-order valence-electron chi connectivity index (χ4n) is 1.04. The molecule has 1 rings (SSSR count). The van der Waals surface area contributed by atoms with Gasteiger partial charge in [-0.25, -0.2) is 8.78 Å². The van der Waals surface area contributed by atoms with Gasteiger partial charge in [-0.3, -0.25) is 0 Å². The number of rotatable bonds is 0. The lowest BCUT2D eigenvalue weighted by molar-refractivity contribution is -0.142. The molecule has 0 aliphatic rings. The molecule has 0 bridgehead atoms. The lowest BCUT2D eigenvalue weighted by Crippen LogP contribution is -2.14. The van der Waals surface area contributed by atoms with Crippen LogP contribution < -0.4 is 5.73 Å². The Morgan fingerprint density at radius 3 is 2.00 bits per heavy atom. The number of nitrogens with two attached hydrogens (primary N) is 1. The van der Waals surface area contributed by atoms with Crippen molar-refractivity contribution >= 4 is 17.3 Å². The van der Waals surface area contributed by atoms with Gasteiger partial charge in [0.05, 0.1) is 5.69 Å². The second-order valence-corrected chi connectivity index (χ2v) is 3.23. The fourth-order valence-corrected chi connectivity index (χ4v) is 1.28. The smallest absolute Gasteiger partial charge is 0.397 e. The number of anilines is 1. The summed E-state index contributed by atoms with van der Waals surface area (Å²) in [5.41, 5.74) is 2.05. The standard InChI is InChI=1S/C8H5ClF5N/c1-2-5(10)3(8(12,13)14)6(11)4(9)7(2)15/h15H2,1H3. The van der Waals surface area contributed by atoms with Gasteiger partial charge < -0.3 is 5.73 Å². The molecule has 1 nitrogen and oxygen atoms in total. The van der Waals surface area contributed by atoms with E-state index in [0.29, 0.717) is 0 Å². The highest BCUT2D eigenvalue weighted by atomic mass is 35.5. The second-order valence-electron chi connectivity index (χ2n) is 2.85. The zero-order valence-corrected chi connectivity index (χ0v) is 8.10. The summed E-state index contributed by atoms with van der Waals surface area (Å²) in [6, 6.07) is 0. The van der Waals surface area contributed by atoms with Crippen LogP contribution in [-0.2, 0) is 6.18 Å². The van der Waals surface area contributed by atoms with E-state index in [4.69, 9.17) is 17.3 Å². The SMILES string of the molecule is Cc1c(N)c(Cl)c(F)c(C(F)(F)F)c1F. The van der Waals surface area contributed by atoms with Crippen molar-refractivity contribution < 1.29 is 22.0 Å². The van der Waals surface area contributed by atoms with E-state index >= 15 is 0 Å². The van der Waals surface area contributed by atoms with E-state index in [1.165, 1.54) is 0 Å². The van der Waals surface area contributed by atoms with Crippen LogP contribution in [0.1, 0.15) is 11.1 Å². The molecule has 0 unspecified atom stereocenters. The third kappa shape index (κ3) is 1.86. The molecule has 0 heterocycles.